The topological polar surface area (TPSA) is 66.6 Å². The maximum atomic E-state index is 5.92. The van der Waals surface area contributed by atoms with Gasteiger partial charge in [0.15, 0.2) is 17.6 Å². The molecule has 3 aromatic rings. The molecule has 2 heterocycles. The van der Waals surface area contributed by atoms with Crippen LogP contribution in [-0.2, 0) is 0 Å². The van der Waals surface area contributed by atoms with E-state index in [1.54, 1.807) is 0 Å². The molecule has 6 nitrogen and oxygen atoms in total. The van der Waals surface area contributed by atoms with E-state index in [1.807, 2.05) is 43.3 Å². The van der Waals surface area contributed by atoms with Crippen LogP contribution in [0.15, 0.2) is 40.9 Å². The van der Waals surface area contributed by atoms with Crippen LogP contribution in [0.2, 0.25) is 0 Å². The molecule has 128 valence electrons. The van der Waals surface area contributed by atoms with Gasteiger partial charge >= 0.3 is 0 Å². The molecular formula is C19H18N2O4. The highest BCUT2D eigenvalue weighted by Gasteiger charge is 2.19. The van der Waals surface area contributed by atoms with Gasteiger partial charge in [0, 0.05) is 5.56 Å². The Morgan fingerprint density at radius 3 is 2.68 bits per heavy atom. The summed E-state index contributed by atoms with van der Waals surface area (Å²) in [4.78, 5) is 4.44. The molecule has 25 heavy (non-hydrogen) atoms. The van der Waals surface area contributed by atoms with Crippen molar-refractivity contribution >= 4 is 0 Å². The minimum atomic E-state index is -0.350. The molecule has 0 radical (unpaired) electrons. The first-order valence-electron chi connectivity index (χ1n) is 8.08. The van der Waals surface area contributed by atoms with E-state index in [4.69, 9.17) is 18.7 Å². The van der Waals surface area contributed by atoms with Crippen molar-refractivity contribution in [3.8, 4) is 28.6 Å². The molecule has 2 aromatic carbocycles. The Hall–Kier alpha value is -3.02. The fourth-order valence-corrected chi connectivity index (χ4v) is 2.59. The summed E-state index contributed by atoms with van der Waals surface area (Å²) in [6.45, 7) is 6.23. The van der Waals surface area contributed by atoms with Gasteiger partial charge in [0.25, 0.3) is 5.89 Å². The number of nitrogens with zero attached hydrogens (tertiary/aromatic N) is 2. The number of rotatable bonds is 4. The predicted octanol–water partition coefficient (Wildman–Crippen LogP) is 4.22. The summed E-state index contributed by atoms with van der Waals surface area (Å²) in [6, 6.07) is 11.5. The first kappa shape index (κ1) is 15.5. The van der Waals surface area contributed by atoms with Crippen LogP contribution in [-0.4, -0.2) is 16.9 Å². The second-order valence-electron chi connectivity index (χ2n) is 6.03. The van der Waals surface area contributed by atoms with E-state index < -0.39 is 0 Å². The zero-order chi connectivity index (χ0) is 17.4. The molecule has 0 saturated carbocycles. The molecule has 1 aliphatic heterocycles. The monoisotopic (exact) mass is 338 g/mol. The van der Waals surface area contributed by atoms with Crippen LogP contribution in [0.25, 0.3) is 11.4 Å². The minimum Gasteiger partial charge on any atom is -0.481 e. The van der Waals surface area contributed by atoms with Crippen molar-refractivity contribution in [2.75, 3.05) is 6.79 Å². The summed E-state index contributed by atoms with van der Waals surface area (Å²) in [7, 11) is 0. The number of aryl methyl sites for hydroxylation is 2. The lowest BCUT2D eigenvalue weighted by atomic mass is 10.1. The van der Waals surface area contributed by atoms with Gasteiger partial charge in [-0.05, 0) is 62.2 Å². The zero-order valence-corrected chi connectivity index (χ0v) is 14.3. The summed E-state index contributed by atoms with van der Waals surface area (Å²) in [5, 5.41) is 4.04. The van der Waals surface area contributed by atoms with Crippen molar-refractivity contribution in [1.29, 1.82) is 0 Å². The molecule has 0 saturated heterocycles. The van der Waals surface area contributed by atoms with E-state index in [0.29, 0.717) is 17.5 Å². The lowest BCUT2D eigenvalue weighted by molar-refractivity contribution is 0.174. The van der Waals surface area contributed by atoms with Gasteiger partial charge in [-0.1, -0.05) is 11.2 Å². The largest absolute Gasteiger partial charge is 0.481 e. The van der Waals surface area contributed by atoms with Gasteiger partial charge in [-0.15, -0.1) is 0 Å². The lowest BCUT2D eigenvalue weighted by Gasteiger charge is -2.12. The predicted molar refractivity (Wildman–Crippen MR) is 90.8 cm³/mol. The molecule has 0 N–H and O–H groups in total. The van der Waals surface area contributed by atoms with E-state index >= 15 is 0 Å². The van der Waals surface area contributed by atoms with Crippen LogP contribution in [0, 0.1) is 13.8 Å². The molecule has 1 unspecified atom stereocenters. The first-order valence-corrected chi connectivity index (χ1v) is 8.08. The van der Waals surface area contributed by atoms with E-state index in [2.05, 4.69) is 24.0 Å². The van der Waals surface area contributed by atoms with Crippen molar-refractivity contribution in [2.24, 2.45) is 0 Å². The van der Waals surface area contributed by atoms with E-state index in [9.17, 15) is 0 Å². The van der Waals surface area contributed by atoms with Crippen molar-refractivity contribution in [3.63, 3.8) is 0 Å². The van der Waals surface area contributed by atoms with Crippen LogP contribution in [0.4, 0.5) is 0 Å². The molecule has 0 fully saturated rings. The third-order valence-corrected chi connectivity index (χ3v) is 4.21. The summed E-state index contributed by atoms with van der Waals surface area (Å²) in [6.07, 6.45) is -0.350. The Bertz CT molecular complexity index is 920. The van der Waals surface area contributed by atoms with Gasteiger partial charge in [0.2, 0.25) is 12.6 Å². The Labute approximate surface area is 145 Å². The van der Waals surface area contributed by atoms with E-state index in [0.717, 1.165) is 17.1 Å². The highest BCUT2D eigenvalue weighted by atomic mass is 16.7. The molecule has 0 bridgehead atoms. The van der Waals surface area contributed by atoms with Gasteiger partial charge < -0.3 is 18.7 Å². The van der Waals surface area contributed by atoms with Gasteiger partial charge in [0.05, 0.1) is 0 Å². The fraction of sp³-hybridized carbons (Fsp3) is 0.263. The third-order valence-electron chi connectivity index (χ3n) is 4.21. The maximum Gasteiger partial charge on any atom is 0.267 e. The van der Waals surface area contributed by atoms with Crippen molar-refractivity contribution in [1.82, 2.24) is 10.1 Å². The smallest absolute Gasteiger partial charge is 0.267 e. The number of benzene rings is 2. The SMILES string of the molecule is Cc1ccc(OC(C)c2nc(-c3ccc4c(c3)OCO4)no2)cc1C. The highest BCUT2D eigenvalue weighted by Crippen LogP contribution is 2.35. The van der Waals surface area contributed by atoms with Gasteiger partial charge in [-0.2, -0.15) is 4.98 Å². The summed E-state index contributed by atoms with van der Waals surface area (Å²) < 4.78 is 22.0. The third kappa shape index (κ3) is 3.03. The Morgan fingerprint density at radius 1 is 1.00 bits per heavy atom. The number of hydrogen-bond acceptors (Lipinski definition) is 6. The Kier molecular flexibility index (Phi) is 3.80. The van der Waals surface area contributed by atoms with Crippen LogP contribution in [0.5, 0.6) is 17.2 Å². The average molecular weight is 338 g/mol. The summed E-state index contributed by atoms with van der Waals surface area (Å²) in [5.74, 6) is 3.09. The normalized spacial score (nSPS) is 13.7. The molecule has 1 aliphatic rings. The van der Waals surface area contributed by atoms with E-state index in [1.165, 1.54) is 11.1 Å². The Balaban J connectivity index is 1.53. The summed E-state index contributed by atoms with van der Waals surface area (Å²) >= 11 is 0. The van der Waals surface area contributed by atoms with Gasteiger partial charge in [-0.25, -0.2) is 0 Å². The van der Waals surface area contributed by atoms with E-state index in [-0.39, 0.29) is 12.9 Å². The van der Waals surface area contributed by atoms with Crippen LogP contribution in [0.3, 0.4) is 0 Å². The number of aromatic nitrogens is 2. The maximum absolute atomic E-state index is 5.92. The van der Waals surface area contributed by atoms with Crippen LogP contribution in [0.1, 0.15) is 30.0 Å². The summed E-state index contributed by atoms with van der Waals surface area (Å²) in [5.41, 5.74) is 3.21. The molecule has 1 aromatic heterocycles. The molecule has 6 heteroatoms. The fourth-order valence-electron chi connectivity index (χ4n) is 2.59. The molecular weight excluding hydrogens is 320 g/mol. The molecule has 0 spiro atoms. The zero-order valence-electron chi connectivity index (χ0n) is 14.3. The first-order chi connectivity index (χ1) is 12.1. The minimum absolute atomic E-state index is 0.233. The number of hydrogen-bond donors (Lipinski definition) is 0. The van der Waals surface area contributed by atoms with Gasteiger partial charge in [0.1, 0.15) is 5.75 Å². The van der Waals surface area contributed by atoms with Crippen LogP contribution >= 0.6 is 0 Å². The average Bonchev–Trinajstić information content (AvgIpc) is 3.26. The van der Waals surface area contributed by atoms with Crippen molar-refractivity contribution < 1.29 is 18.7 Å². The standard InChI is InChI=1S/C19H18N2O4/c1-11-4-6-15(8-12(11)2)24-13(3)19-20-18(21-25-19)14-5-7-16-17(9-14)23-10-22-16/h4-9,13H,10H2,1-3H3. The number of ether oxygens (including phenoxy) is 3. The van der Waals surface area contributed by atoms with Crippen molar-refractivity contribution in [2.45, 2.75) is 26.9 Å². The van der Waals surface area contributed by atoms with Crippen LogP contribution < -0.4 is 14.2 Å². The Morgan fingerprint density at radius 2 is 1.84 bits per heavy atom. The number of fused-ring (bicyclic) bond motifs is 1. The molecule has 0 amide bonds. The van der Waals surface area contributed by atoms with Crippen molar-refractivity contribution in [3.05, 3.63) is 53.4 Å². The highest BCUT2D eigenvalue weighted by molar-refractivity contribution is 5.61. The second kappa shape index (κ2) is 6.12. The molecule has 0 aliphatic carbocycles. The quantitative estimate of drug-likeness (QED) is 0.709. The second-order valence-corrected chi connectivity index (χ2v) is 6.03. The molecule has 1 atom stereocenters. The lowest BCUT2D eigenvalue weighted by Crippen LogP contribution is -2.03. The van der Waals surface area contributed by atoms with Gasteiger partial charge in [-0.3, -0.25) is 0 Å². The molecule has 4 rings (SSSR count).